The van der Waals surface area contributed by atoms with E-state index in [2.05, 4.69) is 10.6 Å². The standard InChI is InChI=1S/C23H19ClN2O6/c1-11-18(20(28)14-4-2-3-5-17(14)32-11)16(27)10-15(12-6-8-13(24)9-7-12)19-21(29)25-23(31)26-22(19)30/h2-9,15,19-20,28H,10H2,1H3,(H2,25,26,29,30,31). The highest BCUT2D eigenvalue weighted by atomic mass is 35.5. The van der Waals surface area contributed by atoms with E-state index in [-0.39, 0.29) is 17.8 Å². The van der Waals surface area contributed by atoms with Gasteiger partial charge in [0.1, 0.15) is 23.5 Å². The number of rotatable bonds is 5. The molecule has 0 bridgehead atoms. The summed E-state index contributed by atoms with van der Waals surface area (Å²) in [5.74, 6) is -3.63. The molecule has 0 aromatic heterocycles. The van der Waals surface area contributed by atoms with Gasteiger partial charge in [0, 0.05) is 22.9 Å². The quantitative estimate of drug-likeness (QED) is 0.597. The SMILES string of the molecule is CC1=C(C(=O)CC(c2ccc(Cl)cc2)C2C(=O)NC(=O)NC2=O)C(O)c2ccccc2O1. The second-order valence-electron chi connectivity index (χ2n) is 7.58. The van der Waals surface area contributed by atoms with Gasteiger partial charge in [-0.3, -0.25) is 25.0 Å². The number of fused-ring (bicyclic) bond motifs is 1. The number of barbiturate groups is 1. The molecule has 2 heterocycles. The molecule has 2 aliphatic heterocycles. The van der Waals surface area contributed by atoms with Gasteiger partial charge in [0.25, 0.3) is 0 Å². The van der Waals surface area contributed by atoms with Gasteiger partial charge >= 0.3 is 6.03 Å². The fourth-order valence-corrected chi connectivity index (χ4v) is 4.19. The molecule has 9 heteroatoms. The van der Waals surface area contributed by atoms with Gasteiger partial charge in [0.05, 0.1) is 5.57 Å². The molecule has 2 aromatic carbocycles. The Bertz CT molecular complexity index is 1140. The van der Waals surface area contributed by atoms with Crippen molar-refractivity contribution in [2.24, 2.45) is 5.92 Å². The lowest BCUT2D eigenvalue weighted by Crippen LogP contribution is -2.57. The van der Waals surface area contributed by atoms with Gasteiger partial charge < -0.3 is 9.84 Å². The van der Waals surface area contributed by atoms with Crippen LogP contribution >= 0.6 is 11.6 Å². The minimum atomic E-state index is -1.33. The molecule has 0 radical (unpaired) electrons. The van der Waals surface area contributed by atoms with Crippen LogP contribution < -0.4 is 15.4 Å². The van der Waals surface area contributed by atoms with Crippen molar-refractivity contribution >= 4 is 35.2 Å². The Morgan fingerprint density at radius 2 is 1.69 bits per heavy atom. The van der Waals surface area contributed by atoms with Crippen molar-refractivity contribution in [2.75, 3.05) is 0 Å². The van der Waals surface area contributed by atoms with Crippen molar-refractivity contribution in [3.05, 3.63) is 76.0 Å². The second-order valence-corrected chi connectivity index (χ2v) is 8.02. The first kappa shape index (κ1) is 21.7. The Labute approximate surface area is 188 Å². The molecule has 2 aromatic rings. The van der Waals surface area contributed by atoms with Crippen molar-refractivity contribution < 1.29 is 29.0 Å². The summed E-state index contributed by atoms with van der Waals surface area (Å²) in [4.78, 5) is 49.9. The monoisotopic (exact) mass is 454 g/mol. The van der Waals surface area contributed by atoms with Crippen molar-refractivity contribution in [1.82, 2.24) is 10.6 Å². The Kier molecular flexibility index (Phi) is 5.82. The van der Waals surface area contributed by atoms with Crippen LogP contribution in [0.1, 0.15) is 36.5 Å². The zero-order valence-electron chi connectivity index (χ0n) is 16.9. The summed E-state index contributed by atoms with van der Waals surface area (Å²) in [7, 11) is 0. The topological polar surface area (TPSA) is 122 Å². The molecule has 8 nitrogen and oxygen atoms in total. The molecule has 0 aliphatic carbocycles. The number of ether oxygens (including phenoxy) is 1. The van der Waals surface area contributed by atoms with E-state index in [1.165, 1.54) is 0 Å². The molecule has 164 valence electrons. The third kappa shape index (κ3) is 4.02. The number of benzene rings is 2. The normalized spacial score (nSPS) is 19.6. The zero-order valence-corrected chi connectivity index (χ0v) is 17.7. The number of allylic oxidation sites excluding steroid dienone is 1. The number of carbonyl (C=O) groups excluding carboxylic acids is 4. The van der Waals surface area contributed by atoms with Gasteiger partial charge in [0.2, 0.25) is 11.8 Å². The number of carbonyl (C=O) groups is 4. The predicted octanol–water partition coefficient (Wildman–Crippen LogP) is 2.77. The first-order valence-electron chi connectivity index (χ1n) is 9.86. The van der Waals surface area contributed by atoms with Crippen LogP contribution in [0.3, 0.4) is 0 Å². The number of nitrogens with one attached hydrogen (secondary N) is 2. The maximum Gasteiger partial charge on any atom is 0.328 e. The highest BCUT2D eigenvalue weighted by Crippen LogP contribution is 2.40. The van der Waals surface area contributed by atoms with Crippen LogP contribution in [0.25, 0.3) is 0 Å². The van der Waals surface area contributed by atoms with Crippen molar-refractivity contribution in [2.45, 2.75) is 25.4 Å². The van der Waals surface area contributed by atoms with Crippen LogP contribution in [0.15, 0.2) is 59.9 Å². The number of ketones is 1. The van der Waals surface area contributed by atoms with Crippen molar-refractivity contribution in [1.29, 1.82) is 0 Å². The van der Waals surface area contributed by atoms with E-state index < -0.39 is 41.6 Å². The number of hydrogen-bond acceptors (Lipinski definition) is 6. The van der Waals surface area contributed by atoms with E-state index >= 15 is 0 Å². The Balaban J connectivity index is 1.69. The fourth-order valence-electron chi connectivity index (χ4n) is 4.06. The highest BCUT2D eigenvalue weighted by molar-refractivity contribution is 6.30. The van der Waals surface area contributed by atoms with Crippen molar-refractivity contribution in [3.8, 4) is 5.75 Å². The van der Waals surface area contributed by atoms with E-state index in [1.54, 1.807) is 55.5 Å². The van der Waals surface area contributed by atoms with E-state index in [4.69, 9.17) is 16.3 Å². The summed E-state index contributed by atoms with van der Waals surface area (Å²) >= 11 is 5.96. The minimum Gasteiger partial charge on any atom is -0.461 e. The Morgan fingerprint density at radius 1 is 1.06 bits per heavy atom. The summed E-state index contributed by atoms with van der Waals surface area (Å²) in [5.41, 5.74) is 1.01. The largest absolute Gasteiger partial charge is 0.461 e. The lowest BCUT2D eigenvalue weighted by molar-refractivity contribution is -0.137. The number of hydrogen-bond donors (Lipinski definition) is 3. The van der Waals surface area contributed by atoms with E-state index in [9.17, 15) is 24.3 Å². The molecule has 1 fully saturated rings. The smallest absolute Gasteiger partial charge is 0.328 e. The number of Topliss-reactive ketones (excluding diaryl/α,β-unsaturated/α-hetero) is 1. The highest BCUT2D eigenvalue weighted by Gasteiger charge is 2.43. The third-order valence-electron chi connectivity index (χ3n) is 5.57. The van der Waals surface area contributed by atoms with Gasteiger partial charge in [0.15, 0.2) is 5.78 Å². The van der Waals surface area contributed by atoms with E-state index in [0.717, 1.165) is 0 Å². The molecule has 0 spiro atoms. The summed E-state index contributed by atoms with van der Waals surface area (Å²) in [5, 5.41) is 15.4. The number of para-hydroxylation sites is 1. The van der Waals surface area contributed by atoms with Crippen LogP contribution in [0.2, 0.25) is 5.02 Å². The number of imide groups is 2. The number of amides is 4. The molecule has 1 saturated heterocycles. The lowest BCUT2D eigenvalue weighted by atomic mass is 9.78. The van der Waals surface area contributed by atoms with Crippen LogP contribution in [0.5, 0.6) is 5.75 Å². The molecular formula is C23H19ClN2O6. The average Bonchev–Trinajstić information content (AvgIpc) is 2.73. The maximum absolute atomic E-state index is 13.3. The number of halogens is 1. The number of aliphatic hydroxyl groups is 1. The molecule has 0 saturated carbocycles. The van der Waals surface area contributed by atoms with Gasteiger partial charge in [-0.15, -0.1) is 0 Å². The van der Waals surface area contributed by atoms with Crippen LogP contribution in [-0.4, -0.2) is 28.7 Å². The second kappa shape index (κ2) is 8.57. The average molecular weight is 455 g/mol. The van der Waals surface area contributed by atoms with E-state index in [0.29, 0.717) is 21.9 Å². The Morgan fingerprint density at radius 3 is 2.34 bits per heavy atom. The van der Waals surface area contributed by atoms with Gasteiger partial charge in [-0.05, 0) is 30.7 Å². The minimum absolute atomic E-state index is 0.0513. The number of urea groups is 1. The molecule has 2 atom stereocenters. The first-order valence-corrected chi connectivity index (χ1v) is 10.2. The van der Waals surface area contributed by atoms with Crippen molar-refractivity contribution in [3.63, 3.8) is 0 Å². The molecule has 2 unspecified atom stereocenters. The van der Waals surface area contributed by atoms with Crippen LogP contribution in [-0.2, 0) is 14.4 Å². The maximum atomic E-state index is 13.3. The van der Waals surface area contributed by atoms with E-state index in [1.807, 2.05) is 0 Å². The predicted molar refractivity (Wildman–Crippen MR) is 114 cm³/mol. The summed E-state index contributed by atoms with van der Waals surface area (Å²) in [6.45, 7) is 1.57. The molecular weight excluding hydrogens is 436 g/mol. The molecule has 4 amide bonds. The summed E-state index contributed by atoms with van der Waals surface area (Å²) in [6.07, 6.45) is -1.50. The molecule has 3 N–H and O–H groups in total. The molecule has 4 rings (SSSR count). The first-order chi connectivity index (χ1) is 15.3. The fraction of sp³-hybridized carbons (Fsp3) is 0.217. The summed E-state index contributed by atoms with van der Waals surface area (Å²) in [6, 6.07) is 12.3. The van der Waals surface area contributed by atoms with Gasteiger partial charge in [-0.1, -0.05) is 41.9 Å². The zero-order chi connectivity index (χ0) is 23.0. The van der Waals surface area contributed by atoms with Gasteiger partial charge in [-0.25, -0.2) is 4.79 Å². The van der Waals surface area contributed by atoms with Crippen LogP contribution in [0, 0.1) is 5.92 Å². The molecule has 2 aliphatic rings. The summed E-state index contributed by atoms with van der Waals surface area (Å²) < 4.78 is 5.72. The third-order valence-corrected chi connectivity index (χ3v) is 5.83. The number of aliphatic hydroxyl groups excluding tert-OH is 1. The lowest BCUT2D eigenvalue weighted by Gasteiger charge is -2.30. The van der Waals surface area contributed by atoms with Crippen LogP contribution in [0.4, 0.5) is 4.79 Å². The molecule has 32 heavy (non-hydrogen) atoms. The van der Waals surface area contributed by atoms with Gasteiger partial charge in [-0.2, -0.15) is 0 Å². The Hall–Kier alpha value is -3.49.